The minimum atomic E-state index is -1.65. The summed E-state index contributed by atoms with van der Waals surface area (Å²) in [7, 11) is 0. The van der Waals surface area contributed by atoms with Crippen LogP contribution in [0.25, 0.3) is 0 Å². The van der Waals surface area contributed by atoms with Crippen LogP contribution in [-0.2, 0) is 11.1 Å². The van der Waals surface area contributed by atoms with Crippen molar-refractivity contribution in [2.24, 2.45) is 5.41 Å². The number of aliphatic hydroxyl groups excluding tert-OH is 1. The monoisotopic (exact) mass is 562 g/mol. The van der Waals surface area contributed by atoms with E-state index in [0.717, 1.165) is 74.4 Å². The molecule has 2 amide bonds. The molecule has 196 valence electrons. The van der Waals surface area contributed by atoms with Gasteiger partial charge in [0.1, 0.15) is 0 Å². The number of urea groups is 1. The number of nitrogens with zero attached hydrogens (tertiary/aromatic N) is 3. The molecule has 0 spiro atoms. The Balaban J connectivity index is 1.32. The predicted octanol–water partition coefficient (Wildman–Crippen LogP) is 6.15. The van der Waals surface area contributed by atoms with Crippen molar-refractivity contribution in [2.75, 3.05) is 11.4 Å². The van der Waals surface area contributed by atoms with E-state index < -0.39 is 5.67 Å². The van der Waals surface area contributed by atoms with Crippen LogP contribution in [0.1, 0.15) is 89.8 Å². The summed E-state index contributed by atoms with van der Waals surface area (Å²) in [4.78, 5) is 20.0. The molecule has 9 heteroatoms. The van der Waals surface area contributed by atoms with Gasteiger partial charge in [-0.3, -0.25) is 4.90 Å². The number of aliphatic hydroxyl groups is 1. The lowest BCUT2D eigenvalue weighted by Gasteiger charge is -2.53. The van der Waals surface area contributed by atoms with Crippen LogP contribution in [0, 0.1) is 5.41 Å². The summed E-state index contributed by atoms with van der Waals surface area (Å²) < 4.78 is 20.6. The van der Waals surface area contributed by atoms with Crippen LogP contribution in [0.15, 0.2) is 33.3 Å². The molecule has 0 aliphatic heterocycles. The van der Waals surface area contributed by atoms with Gasteiger partial charge in [0.05, 0.1) is 6.10 Å². The Kier molecular flexibility index (Phi) is 6.91. The van der Waals surface area contributed by atoms with Crippen LogP contribution >= 0.6 is 15.9 Å². The van der Waals surface area contributed by atoms with E-state index in [-0.39, 0.29) is 34.9 Å². The number of aromatic nitrogens is 2. The minimum Gasteiger partial charge on any atom is -0.393 e. The maximum Gasteiger partial charge on any atom is 0.322 e. The number of alkyl halides is 1. The second-order valence-corrected chi connectivity index (χ2v) is 12.6. The number of fused-ring (bicyclic) bond motifs is 3. The molecule has 4 saturated carbocycles. The van der Waals surface area contributed by atoms with Gasteiger partial charge in [-0.25, -0.2) is 9.18 Å². The zero-order valence-corrected chi connectivity index (χ0v) is 22.7. The van der Waals surface area contributed by atoms with E-state index >= 15 is 0 Å². The fourth-order valence-electron chi connectivity index (χ4n) is 6.25. The second kappa shape index (κ2) is 9.71. The number of anilines is 1. The van der Waals surface area contributed by atoms with Crippen LogP contribution in [0.4, 0.5) is 14.9 Å². The van der Waals surface area contributed by atoms with Gasteiger partial charge in [-0.05, 0) is 102 Å². The molecule has 7 nitrogen and oxygen atoms in total. The fraction of sp³-hybridized carbons (Fsp3) is 0.667. The number of amides is 2. The standard InChI is InChI=1S/C27H36BrFN4O3/c1-25(2,29)23-31-22(32-36-23)27-13-10-26(11-14-27,12-15-27)17-33(20-5-3-4-18(28)16-20)24(35)30-19-6-8-21(34)9-7-19/h3-5,16,19,21,34H,6-15,17H2,1-2H3,(H,30,35). The van der Waals surface area contributed by atoms with E-state index in [4.69, 9.17) is 4.52 Å². The molecule has 6 rings (SSSR count). The van der Waals surface area contributed by atoms with E-state index in [9.17, 15) is 14.3 Å². The molecule has 0 saturated heterocycles. The average molecular weight is 564 g/mol. The van der Waals surface area contributed by atoms with Crippen molar-refractivity contribution >= 4 is 27.6 Å². The van der Waals surface area contributed by atoms with Gasteiger partial charge in [-0.15, -0.1) is 0 Å². The minimum absolute atomic E-state index is 0.0239. The smallest absolute Gasteiger partial charge is 0.322 e. The summed E-state index contributed by atoms with van der Waals surface area (Å²) in [6.45, 7) is 3.52. The first-order valence-corrected chi connectivity index (χ1v) is 13.9. The van der Waals surface area contributed by atoms with Gasteiger partial charge < -0.3 is 14.9 Å². The lowest BCUT2D eigenvalue weighted by atomic mass is 9.53. The van der Waals surface area contributed by atoms with Gasteiger partial charge >= 0.3 is 6.03 Å². The molecule has 2 N–H and O–H groups in total. The Bertz CT molecular complexity index is 1070. The van der Waals surface area contributed by atoms with Crippen molar-refractivity contribution in [1.29, 1.82) is 0 Å². The Hall–Kier alpha value is -2.00. The van der Waals surface area contributed by atoms with Gasteiger partial charge in [-0.2, -0.15) is 4.98 Å². The first-order chi connectivity index (χ1) is 17.1. The van der Waals surface area contributed by atoms with Gasteiger partial charge in [0.15, 0.2) is 11.5 Å². The predicted molar refractivity (Wildman–Crippen MR) is 139 cm³/mol. The van der Waals surface area contributed by atoms with Gasteiger partial charge in [0, 0.05) is 28.2 Å². The number of nitrogens with one attached hydrogen (secondary N) is 1. The first-order valence-electron chi connectivity index (χ1n) is 13.1. The molecular formula is C27H36BrFN4O3. The number of carbonyl (C=O) groups excluding carboxylic acids is 1. The van der Waals surface area contributed by atoms with Crippen LogP contribution < -0.4 is 10.2 Å². The number of benzene rings is 1. The highest BCUT2D eigenvalue weighted by Gasteiger charge is 2.52. The van der Waals surface area contributed by atoms with Crippen LogP contribution in [0.5, 0.6) is 0 Å². The maximum atomic E-state index is 14.3. The van der Waals surface area contributed by atoms with Crippen molar-refractivity contribution < 1.29 is 18.8 Å². The summed E-state index contributed by atoms with van der Waals surface area (Å²) in [5.74, 6) is 0.680. The Morgan fingerprint density at radius 3 is 2.44 bits per heavy atom. The Morgan fingerprint density at radius 2 is 1.86 bits per heavy atom. The van der Waals surface area contributed by atoms with E-state index in [1.54, 1.807) is 0 Å². The Labute approximate surface area is 220 Å². The summed E-state index contributed by atoms with van der Waals surface area (Å²) in [6, 6.07) is 7.93. The van der Waals surface area contributed by atoms with E-state index in [2.05, 4.69) is 31.4 Å². The second-order valence-electron chi connectivity index (χ2n) is 11.7. The highest BCUT2D eigenvalue weighted by molar-refractivity contribution is 9.10. The summed E-state index contributed by atoms with van der Waals surface area (Å²) in [6.07, 6.45) is 8.42. The molecular weight excluding hydrogens is 527 g/mol. The number of hydrogen-bond acceptors (Lipinski definition) is 5. The zero-order chi connectivity index (χ0) is 25.6. The summed E-state index contributed by atoms with van der Waals surface area (Å²) in [5.41, 5.74) is -0.914. The number of hydrogen-bond donors (Lipinski definition) is 2. The van der Waals surface area contributed by atoms with Crippen molar-refractivity contribution in [3.8, 4) is 0 Å². The highest BCUT2D eigenvalue weighted by atomic mass is 79.9. The van der Waals surface area contributed by atoms with Crippen LogP contribution in [-0.4, -0.2) is 40.0 Å². The average Bonchev–Trinajstić information content (AvgIpc) is 3.37. The largest absolute Gasteiger partial charge is 0.393 e. The SMILES string of the molecule is CC(C)(F)c1nc(C23CCC(CN(C(=O)NC4CCC(O)CC4)c4cccc(Br)c4)(CC2)CC3)no1. The van der Waals surface area contributed by atoms with Crippen molar-refractivity contribution in [2.45, 2.75) is 101 Å². The van der Waals surface area contributed by atoms with Gasteiger partial charge in [0.2, 0.25) is 0 Å². The van der Waals surface area contributed by atoms with Crippen LogP contribution in [0.2, 0.25) is 0 Å². The lowest BCUT2D eigenvalue weighted by Crippen LogP contribution is -2.54. The highest BCUT2D eigenvalue weighted by Crippen LogP contribution is 2.57. The van der Waals surface area contributed by atoms with Crippen molar-refractivity contribution in [3.63, 3.8) is 0 Å². The molecule has 1 aromatic heterocycles. The normalized spacial score (nSPS) is 30.2. The third-order valence-electron chi connectivity index (χ3n) is 8.69. The molecule has 36 heavy (non-hydrogen) atoms. The third-order valence-corrected chi connectivity index (χ3v) is 9.19. The van der Waals surface area contributed by atoms with Crippen molar-refractivity contribution in [1.82, 2.24) is 15.5 Å². The lowest BCUT2D eigenvalue weighted by molar-refractivity contribution is 0.0405. The quantitative estimate of drug-likeness (QED) is 0.440. The molecule has 0 unspecified atom stereocenters. The van der Waals surface area contributed by atoms with E-state index in [0.29, 0.717) is 12.4 Å². The third kappa shape index (κ3) is 5.19. The maximum absolute atomic E-state index is 14.3. The zero-order valence-electron chi connectivity index (χ0n) is 21.1. The fourth-order valence-corrected chi connectivity index (χ4v) is 6.64. The van der Waals surface area contributed by atoms with Gasteiger partial charge in [0.25, 0.3) is 5.89 Å². The molecule has 0 radical (unpaired) electrons. The molecule has 1 aromatic carbocycles. The molecule has 2 bridgehead atoms. The summed E-state index contributed by atoms with van der Waals surface area (Å²) in [5, 5.41) is 17.3. The molecule has 0 atom stereocenters. The van der Waals surface area contributed by atoms with Gasteiger partial charge in [-0.1, -0.05) is 27.2 Å². The molecule has 4 fully saturated rings. The molecule has 4 aliphatic carbocycles. The Morgan fingerprint density at radius 1 is 1.19 bits per heavy atom. The van der Waals surface area contributed by atoms with E-state index in [1.165, 1.54) is 13.8 Å². The number of rotatable bonds is 6. The van der Waals surface area contributed by atoms with Crippen LogP contribution in [0.3, 0.4) is 0 Å². The first kappa shape index (κ1) is 25.6. The van der Waals surface area contributed by atoms with Crippen molar-refractivity contribution in [3.05, 3.63) is 40.5 Å². The van der Waals surface area contributed by atoms with E-state index in [1.807, 2.05) is 29.2 Å². The molecule has 1 heterocycles. The molecule has 2 aromatic rings. The number of halogens is 2. The topological polar surface area (TPSA) is 91.5 Å². The number of carbonyl (C=O) groups is 1. The summed E-state index contributed by atoms with van der Waals surface area (Å²) >= 11 is 3.56. The molecule has 4 aliphatic rings.